The van der Waals surface area contributed by atoms with Crippen molar-refractivity contribution in [1.82, 2.24) is 4.57 Å². The van der Waals surface area contributed by atoms with Crippen molar-refractivity contribution >= 4 is 32.8 Å². The molecule has 1 aliphatic carbocycles. The van der Waals surface area contributed by atoms with Gasteiger partial charge in [0.25, 0.3) is 0 Å². The molecule has 0 amide bonds. The molecule has 0 aliphatic heterocycles. The first-order valence-electron chi connectivity index (χ1n) is 14.2. The van der Waals surface area contributed by atoms with Crippen LogP contribution in [-0.4, -0.2) is 4.57 Å². The molecular weight excluding hydrogens is 498 g/mol. The van der Waals surface area contributed by atoms with Crippen LogP contribution in [0.3, 0.4) is 0 Å². The summed E-state index contributed by atoms with van der Waals surface area (Å²) >= 11 is 0. The maximum Gasteiger partial charge on any atom is 0.143 e. The first kappa shape index (κ1) is 23.8. The molecule has 0 fully saturated rings. The Hall–Kier alpha value is -5.08. The minimum Gasteiger partial charge on any atom is -0.455 e. The number of nitrogens with zero attached hydrogens (tertiary/aromatic N) is 1. The van der Waals surface area contributed by atoms with Crippen LogP contribution in [0.1, 0.15) is 25.0 Å². The lowest BCUT2D eigenvalue weighted by Gasteiger charge is -2.21. The molecular formula is C39H29NO. The predicted molar refractivity (Wildman–Crippen MR) is 171 cm³/mol. The Morgan fingerprint density at radius 3 is 2.22 bits per heavy atom. The molecule has 41 heavy (non-hydrogen) atoms. The van der Waals surface area contributed by atoms with Crippen LogP contribution in [0, 0.1) is 0 Å². The second kappa shape index (κ2) is 8.97. The van der Waals surface area contributed by atoms with Gasteiger partial charge in [-0.2, -0.15) is 0 Å². The summed E-state index contributed by atoms with van der Waals surface area (Å²) in [5, 5.41) is 3.47. The van der Waals surface area contributed by atoms with Gasteiger partial charge in [-0.1, -0.05) is 111 Å². The topological polar surface area (TPSA) is 18.1 Å². The number of fused-ring (bicyclic) bond motifs is 7. The van der Waals surface area contributed by atoms with E-state index in [2.05, 4.69) is 146 Å². The Kier molecular flexibility index (Phi) is 5.20. The normalized spacial score (nSPS) is 13.3. The van der Waals surface area contributed by atoms with Crippen molar-refractivity contribution in [2.75, 3.05) is 0 Å². The van der Waals surface area contributed by atoms with Crippen molar-refractivity contribution in [2.45, 2.75) is 19.3 Å². The third-order valence-electron chi connectivity index (χ3n) is 8.69. The van der Waals surface area contributed by atoms with E-state index in [1.807, 2.05) is 12.1 Å². The van der Waals surface area contributed by atoms with E-state index >= 15 is 0 Å². The van der Waals surface area contributed by atoms with Crippen molar-refractivity contribution in [3.05, 3.63) is 151 Å². The fraction of sp³-hybridized carbons (Fsp3) is 0.0769. The van der Waals surface area contributed by atoms with Gasteiger partial charge in [-0.05, 0) is 69.6 Å². The van der Waals surface area contributed by atoms with Gasteiger partial charge < -0.3 is 8.98 Å². The second-order valence-corrected chi connectivity index (χ2v) is 11.4. The van der Waals surface area contributed by atoms with E-state index in [1.54, 1.807) is 0 Å². The fourth-order valence-corrected chi connectivity index (χ4v) is 6.61. The van der Waals surface area contributed by atoms with Crippen LogP contribution >= 0.6 is 0 Å². The van der Waals surface area contributed by atoms with Crippen molar-refractivity contribution in [3.8, 4) is 27.9 Å². The number of rotatable bonds is 2. The zero-order valence-electron chi connectivity index (χ0n) is 23.1. The lowest BCUT2D eigenvalue weighted by atomic mass is 9.82. The second-order valence-electron chi connectivity index (χ2n) is 11.4. The smallest absolute Gasteiger partial charge is 0.143 e. The molecule has 0 saturated carbocycles. The minimum absolute atomic E-state index is 0.0703. The third kappa shape index (κ3) is 3.64. The molecule has 0 N–H and O–H groups in total. The molecule has 0 atom stereocenters. The highest BCUT2D eigenvalue weighted by Crippen LogP contribution is 2.49. The molecule has 1 aliphatic rings. The Morgan fingerprint density at radius 1 is 0.561 bits per heavy atom. The summed E-state index contributed by atoms with van der Waals surface area (Å²) < 4.78 is 8.72. The first-order chi connectivity index (χ1) is 20.1. The van der Waals surface area contributed by atoms with Crippen molar-refractivity contribution in [1.29, 1.82) is 0 Å². The molecule has 0 radical (unpaired) electrons. The van der Waals surface area contributed by atoms with Crippen LogP contribution in [0.4, 0.5) is 0 Å². The Labute approximate surface area is 239 Å². The van der Waals surface area contributed by atoms with Gasteiger partial charge in [0.2, 0.25) is 0 Å². The van der Waals surface area contributed by atoms with Crippen molar-refractivity contribution < 1.29 is 4.42 Å². The largest absolute Gasteiger partial charge is 0.455 e. The standard InChI is InChI=1S/C39H29NO/c1-39(2)34-19-8-6-15-30(34)33-25-36-27(24-35(33)39)22-21-26(12-11-23-40(36)28-13-4-3-5-14-28)29-17-10-18-32-31-16-7-9-20-37(31)41-38(29)32/h3-25H,1-2H3. The van der Waals surface area contributed by atoms with Crippen LogP contribution in [-0.2, 0) is 5.41 Å². The summed E-state index contributed by atoms with van der Waals surface area (Å²) in [4.78, 5) is 0. The van der Waals surface area contributed by atoms with Crippen LogP contribution in [0.15, 0.2) is 144 Å². The van der Waals surface area contributed by atoms with E-state index in [0.717, 1.165) is 44.3 Å². The molecule has 8 rings (SSSR count). The highest BCUT2D eigenvalue weighted by molar-refractivity contribution is 6.09. The SMILES string of the molecule is CC1(C)c2ccccc2-c2cc3c(ccc(-c4cccc5c4oc4ccccc45)cccn3-c3ccccc3)cc21. The summed E-state index contributed by atoms with van der Waals surface area (Å²) in [6.45, 7) is 4.68. The monoisotopic (exact) mass is 527 g/mol. The van der Waals surface area contributed by atoms with Gasteiger partial charge in [0.05, 0.1) is 5.52 Å². The van der Waals surface area contributed by atoms with Gasteiger partial charge >= 0.3 is 0 Å². The number of hydrogen-bond donors (Lipinski definition) is 0. The van der Waals surface area contributed by atoms with Crippen LogP contribution < -0.4 is 0 Å². The van der Waals surface area contributed by atoms with E-state index in [1.165, 1.54) is 27.6 Å². The molecule has 2 aromatic heterocycles. The zero-order chi connectivity index (χ0) is 27.6. The number of furan rings is 1. The molecule has 5 aromatic carbocycles. The summed E-state index contributed by atoms with van der Waals surface area (Å²) in [5.74, 6) is 0. The molecule has 0 saturated heterocycles. The fourth-order valence-electron chi connectivity index (χ4n) is 6.61. The lowest BCUT2D eigenvalue weighted by Crippen LogP contribution is -2.14. The van der Waals surface area contributed by atoms with Crippen molar-refractivity contribution in [3.63, 3.8) is 0 Å². The quantitative estimate of drug-likeness (QED) is 0.219. The van der Waals surface area contributed by atoms with E-state index in [0.29, 0.717) is 0 Å². The van der Waals surface area contributed by atoms with Gasteiger partial charge in [0.15, 0.2) is 0 Å². The highest BCUT2D eigenvalue weighted by atomic mass is 16.3. The summed E-state index contributed by atoms with van der Waals surface area (Å²) in [6, 6.07) is 47.8. The van der Waals surface area contributed by atoms with Gasteiger partial charge in [-0.25, -0.2) is 0 Å². The van der Waals surface area contributed by atoms with Crippen LogP contribution in [0.25, 0.3) is 60.8 Å². The average Bonchev–Trinajstić information content (AvgIpc) is 3.52. The molecule has 0 bridgehead atoms. The van der Waals surface area contributed by atoms with Crippen LogP contribution in [0.2, 0.25) is 0 Å². The third-order valence-corrected chi connectivity index (χ3v) is 8.69. The Morgan fingerprint density at radius 2 is 1.32 bits per heavy atom. The van der Waals surface area contributed by atoms with Gasteiger partial charge in [-0.15, -0.1) is 0 Å². The molecule has 196 valence electrons. The maximum atomic E-state index is 6.41. The number of hydrogen-bond acceptors (Lipinski definition) is 1. The Balaban J connectivity index is 1.44. The molecule has 2 nitrogen and oxygen atoms in total. The zero-order valence-corrected chi connectivity index (χ0v) is 23.1. The van der Waals surface area contributed by atoms with Crippen LogP contribution in [0.5, 0.6) is 0 Å². The van der Waals surface area contributed by atoms with E-state index < -0.39 is 0 Å². The van der Waals surface area contributed by atoms with Gasteiger partial charge in [-0.3, -0.25) is 0 Å². The first-order valence-corrected chi connectivity index (χ1v) is 14.2. The van der Waals surface area contributed by atoms with E-state index in [9.17, 15) is 0 Å². The molecule has 0 spiro atoms. The minimum atomic E-state index is -0.0703. The lowest BCUT2D eigenvalue weighted by molar-refractivity contribution is 0.661. The predicted octanol–water partition coefficient (Wildman–Crippen LogP) is 10.6. The maximum absolute atomic E-state index is 6.41. The molecule has 0 unspecified atom stereocenters. The Bertz CT molecular complexity index is 2180. The highest BCUT2D eigenvalue weighted by Gasteiger charge is 2.35. The van der Waals surface area contributed by atoms with Gasteiger partial charge in [0, 0.05) is 33.6 Å². The molecule has 2 heterocycles. The average molecular weight is 528 g/mol. The van der Waals surface area contributed by atoms with Gasteiger partial charge in [0.1, 0.15) is 11.2 Å². The number of benzene rings is 5. The number of aromatic nitrogens is 1. The number of para-hydroxylation sites is 3. The molecule has 2 heteroatoms. The summed E-state index contributed by atoms with van der Waals surface area (Å²) in [6.07, 6.45) is 2.18. The summed E-state index contributed by atoms with van der Waals surface area (Å²) in [7, 11) is 0. The van der Waals surface area contributed by atoms with E-state index in [4.69, 9.17) is 4.42 Å². The molecule has 7 aromatic rings. The van der Waals surface area contributed by atoms with Crippen molar-refractivity contribution in [2.24, 2.45) is 0 Å². The summed E-state index contributed by atoms with van der Waals surface area (Å²) in [5.41, 5.74) is 11.6. The van der Waals surface area contributed by atoms with E-state index in [-0.39, 0.29) is 5.41 Å².